The number of hydrogen-bond donors (Lipinski definition) is 0. The molecule has 1 aromatic heterocycles. The number of likely N-dealkylation sites (tertiary alicyclic amines) is 1. The fraction of sp³-hybridized carbons (Fsp3) is 0.333. The van der Waals surface area contributed by atoms with Crippen LogP contribution in [0.3, 0.4) is 0 Å². The number of ether oxygens (including phenoxy) is 3. The summed E-state index contributed by atoms with van der Waals surface area (Å²) in [4.78, 5) is 20.1. The van der Waals surface area contributed by atoms with Gasteiger partial charge in [-0.1, -0.05) is 12.1 Å². The first-order valence-corrected chi connectivity index (χ1v) is 11.2. The first kappa shape index (κ1) is 22.6. The Kier molecular flexibility index (Phi) is 6.82. The number of carbonyl (C=O) groups is 1. The number of rotatable bonds is 7. The van der Waals surface area contributed by atoms with Crippen LogP contribution in [-0.4, -0.2) is 43.7 Å². The van der Waals surface area contributed by atoms with E-state index < -0.39 is 0 Å². The highest BCUT2D eigenvalue weighted by molar-refractivity contribution is 5.80. The molecular weight excluding hydrogens is 416 g/mol. The van der Waals surface area contributed by atoms with E-state index in [1.54, 1.807) is 21.3 Å². The average Bonchev–Trinajstić information content (AvgIpc) is 3.34. The fourth-order valence-corrected chi connectivity index (χ4v) is 4.47. The summed E-state index contributed by atoms with van der Waals surface area (Å²) in [5, 5.41) is 0. The molecule has 0 spiro atoms. The van der Waals surface area contributed by atoms with Gasteiger partial charge in [-0.2, -0.15) is 0 Å². The Hall–Kier alpha value is -3.54. The third-order valence-electron chi connectivity index (χ3n) is 6.14. The molecular formula is C27H30N2O4. The summed E-state index contributed by atoms with van der Waals surface area (Å²) in [5.41, 5.74) is 4.88. The van der Waals surface area contributed by atoms with Gasteiger partial charge in [0, 0.05) is 17.8 Å². The normalized spacial score (nSPS) is 15.4. The second-order valence-corrected chi connectivity index (χ2v) is 8.25. The largest absolute Gasteiger partial charge is 0.497 e. The number of methoxy groups -OCH3 is 3. The van der Waals surface area contributed by atoms with Crippen LogP contribution in [0.5, 0.6) is 17.2 Å². The van der Waals surface area contributed by atoms with Crippen molar-refractivity contribution in [3.8, 4) is 28.4 Å². The van der Waals surface area contributed by atoms with Gasteiger partial charge in [0.2, 0.25) is 5.91 Å². The molecule has 6 heteroatoms. The van der Waals surface area contributed by atoms with Gasteiger partial charge in [0.1, 0.15) is 17.2 Å². The zero-order valence-electron chi connectivity index (χ0n) is 19.6. The van der Waals surface area contributed by atoms with Crippen LogP contribution >= 0.6 is 0 Å². The monoisotopic (exact) mass is 446 g/mol. The van der Waals surface area contributed by atoms with Crippen LogP contribution < -0.4 is 14.2 Å². The fourth-order valence-electron chi connectivity index (χ4n) is 4.47. The van der Waals surface area contributed by atoms with E-state index in [1.165, 1.54) is 0 Å². The van der Waals surface area contributed by atoms with E-state index >= 15 is 0 Å². The van der Waals surface area contributed by atoms with Gasteiger partial charge in [0.15, 0.2) is 0 Å². The van der Waals surface area contributed by atoms with Gasteiger partial charge in [-0.3, -0.25) is 9.78 Å². The van der Waals surface area contributed by atoms with Crippen molar-refractivity contribution in [1.29, 1.82) is 0 Å². The molecule has 0 bridgehead atoms. The molecule has 1 fully saturated rings. The van der Waals surface area contributed by atoms with Crippen LogP contribution in [0.4, 0.5) is 0 Å². The van der Waals surface area contributed by atoms with E-state index in [4.69, 9.17) is 19.2 Å². The number of aryl methyl sites for hydroxylation is 1. The van der Waals surface area contributed by atoms with Crippen LogP contribution in [0.1, 0.15) is 35.8 Å². The number of aromatic nitrogens is 1. The van der Waals surface area contributed by atoms with Gasteiger partial charge in [-0.25, -0.2) is 0 Å². The second-order valence-electron chi connectivity index (χ2n) is 8.25. The van der Waals surface area contributed by atoms with E-state index in [0.29, 0.717) is 11.5 Å². The maximum atomic E-state index is 13.4. The highest BCUT2D eigenvalue weighted by Crippen LogP contribution is 2.35. The summed E-state index contributed by atoms with van der Waals surface area (Å²) in [5.74, 6) is 2.29. The van der Waals surface area contributed by atoms with Crippen molar-refractivity contribution in [2.45, 2.75) is 32.2 Å². The molecule has 33 heavy (non-hydrogen) atoms. The molecule has 0 radical (unpaired) electrons. The molecule has 0 aliphatic carbocycles. The maximum absolute atomic E-state index is 13.4. The number of nitrogens with zero attached hydrogens (tertiary/aromatic N) is 2. The smallest absolute Gasteiger partial charge is 0.227 e. The van der Waals surface area contributed by atoms with Crippen molar-refractivity contribution in [3.05, 3.63) is 71.5 Å². The van der Waals surface area contributed by atoms with Gasteiger partial charge in [-0.05, 0) is 73.4 Å². The van der Waals surface area contributed by atoms with E-state index in [-0.39, 0.29) is 18.4 Å². The molecule has 0 saturated carbocycles. The summed E-state index contributed by atoms with van der Waals surface area (Å²) in [6, 6.07) is 17.7. The lowest BCUT2D eigenvalue weighted by Gasteiger charge is -2.25. The Balaban J connectivity index is 1.59. The molecule has 4 rings (SSSR count). The van der Waals surface area contributed by atoms with Crippen LogP contribution in [0.15, 0.2) is 54.6 Å². The Morgan fingerprint density at radius 1 is 0.939 bits per heavy atom. The van der Waals surface area contributed by atoms with Gasteiger partial charge in [0.25, 0.3) is 0 Å². The number of hydrogen-bond acceptors (Lipinski definition) is 5. The third-order valence-corrected chi connectivity index (χ3v) is 6.14. The highest BCUT2D eigenvalue weighted by atomic mass is 16.5. The van der Waals surface area contributed by atoms with Gasteiger partial charge in [-0.15, -0.1) is 0 Å². The zero-order chi connectivity index (χ0) is 23.4. The van der Waals surface area contributed by atoms with Crippen molar-refractivity contribution >= 4 is 5.91 Å². The zero-order valence-corrected chi connectivity index (χ0v) is 19.6. The molecule has 1 amide bonds. The molecule has 0 N–H and O–H groups in total. The summed E-state index contributed by atoms with van der Waals surface area (Å²) in [6.07, 6.45) is 2.12. The molecule has 172 valence electrons. The van der Waals surface area contributed by atoms with Gasteiger partial charge in [0.05, 0.1) is 39.5 Å². The number of amides is 1. The Morgan fingerprint density at radius 3 is 2.36 bits per heavy atom. The molecule has 0 unspecified atom stereocenters. The maximum Gasteiger partial charge on any atom is 0.227 e. The van der Waals surface area contributed by atoms with Crippen molar-refractivity contribution in [2.75, 3.05) is 27.9 Å². The van der Waals surface area contributed by atoms with E-state index in [1.807, 2.05) is 54.3 Å². The van der Waals surface area contributed by atoms with E-state index in [2.05, 4.69) is 12.1 Å². The Morgan fingerprint density at radius 2 is 1.67 bits per heavy atom. The first-order valence-electron chi connectivity index (χ1n) is 11.2. The molecule has 2 aromatic carbocycles. The van der Waals surface area contributed by atoms with Crippen molar-refractivity contribution in [2.24, 2.45) is 0 Å². The number of pyridine rings is 1. The van der Waals surface area contributed by atoms with Gasteiger partial charge >= 0.3 is 0 Å². The molecule has 3 aromatic rings. The van der Waals surface area contributed by atoms with E-state index in [9.17, 15) is 4.79 Å². The SMILES string of the molecule is COc1ccc(-c2cc(C)nc([C@@H]3CCCN3C(=O)Cc3cc(OC)ccc3OC)c2)cc1. The molecule has 1 aliphatic heterocycles. The van der Waals surface area contributed by atoms with Crippen LogP contribution in [0, 0.1) is 6.92 Å². The molecule has 1 saturated heterocycles. The summed E-state index contributed by atoms with van der Waals surface area (Å²) in [7, 11) is 4.90. The molecule has 1 atom stereocenters. The van der Waals surface area contributed by atoms with Crippen LogP contribution in [-0.2, 0) is 11.2 Å². The minimum atomic E-state index is -0.0361. The minimum absolute atomic E-state index is 0.0361. The quantitative estimate of drug-likeness (QED) is 0.512. The van der Waals surface area contributed by atoms with Crippen LogP contribution in [0.25, 0.3) is 11.1 Å². The van der Waals surface area contributed by atoms with Gasteiger partial charge < -0.3 is 19.1 Å². The summed E-state index contributed by atoms with van der Waals surface area (Å²) >= 11 is 0. The van der Waals surface area contributed by atoms with Crippen molar-refractivity contribution < 1.29 is 19.0 Å². The molecule has 6 nitrogen and oxygen atoms in total. The summed E-state index contributed by atoms with van der Waals surface area (Å²) < 4.78 is 16.1. The number of carbonyl (C=O) groups excluding carboxylic acids is 1. The lowest BCUT2D eigenvalue weighted by atomic mass is 10.0. The Bertz CT molecular complexity index is 1130. The lowest BCUT2D eigenvalue weighted by molar-refractivity contribution is -0.131. The molecule has 2 heterocycles. The first-order chi connectivity index (χ1) is 16.0. The summed E-state index contributed by atoms with van der Waals surface area (Å²) in [6.45, 7) is 2.72. The standard InChI is InChI=1S/C27H30N2O4/c1-18-14-20(19-7-9-22(31-2)10-8-19)16-24(28-18)25-6-5-13-29(25)27(30)17-21-15-23(32-3)11-12-26(21)33-4/h7-12,14-16,25H,5-6,13,17H2,1-4H3/t25-/m0/s1. The van der Waals surface area contributed by atoms with E-state index in [0.717, 1.165) is 53.2 Å². The predicted octanol–water partition coefficient (Wildman–Crippen LogP) is 4.99. The topological polar surface area (TPSA) is 60.9 Å². The minimum Gasteiger partial charge on any atom is -0.497 e. The van der Waals surface area contributed by atoms with Crippen molar-refractivity contribution in [3.63, 3.8) is 0 Å². The second kappa shape index (κ2) is 9.94. The van der Waals surface area contributed by atoms with Crippen molar-refractivity contribution in [1.82, 2.24) is 9.88 Å². The number of benzene rings is 2. The lowest BCUT2D eigenvalue weighted by Crippen LogP contribution is -2.32. The Labute approximate surface area is 195 Å². The third kappa shape index (κ3) is 4.95. The predicted molar refractivity (Wildman–Crippen MR) is 128 cm³/mol. The highest BCUT2D eigenvalue weighted by Gasteiger charge is 2.31. The van der Waals surface area contributed by atoms with Crippen LogP contribution in [0.2, 0.25) is 0 Å². The molecule has 1 aliphatic rings. The average molecular weight is 447 g/mol.